The van der Waals surface area contributed by atoms with E-state index in [0.29, 0.717) is 17.1 Å². The second-order valence-corrected chi connectivity index (χ2v) is 9.50. The van der Waals surface area contributed by atoms with E-state index in [2.05, 4.69) is 5.32 Å². The van der Waals surface area contributed by atoms with Gasteiger partial charge in [0, 0.05) is 16.9 Å². The molecule has 0 saturated carbocycles. The average Bonchev–Trinajstić information content (AvgIpc) is 3.01. The molecule has 1 amide bonds. The number of rotatable bonds is 5. The van der Waals surface area contributed by atoms with Crippen LogP contribution >= 0.6 is 11.3 Å². The zero-order valence-electron chi connectivity index (χ0n) is 15.7. The first kappa shape index (κ1) is 19.4. The highest BCUT2D eigenvalue weighted by Crippen LogP contribution is 2.31. The first-order chi connectivity index (χ1) is 12.7. The van der Waals surface area contributed by atoms with Crippen molar-refractivity contribution < 1.29 is 13.2 Å². The number of thiophene rings is 1. The molecule has 3 aromatic rings. The van der Waals surface area contributed by atoms with Gasteiger partial charge in [0.15, 0.2) is 0 Å². The van der Waals surface area contributed by atoms with Crippen molar-refractivity contribution >= 4 is 48.7 Å². The fraction of sp³-hybridized carbons (Fsp3) is 0.250. The molecule has 5 nitrogen and oxygen atoms in total. The van der Waals surface area contributed by atoms with Gasteiger partial charge < -0.3 is 5.32 Å². The summed E-state index contributed by atoms with van der Waals surface area (Å²) in [7, 11) is -3.34. The van der Waals surface area contributed by atoms with E-state index in [1.54, 1.807) is 19.1 Å². The van der Waals surface area contributed by atoms with Gasteiger partial charge in [-0.3, -0.25) is 9.10 Å². The van der Waals surface area contributed by atoms with Gasteiger partial charge in [-0.1, -0.05) is 6.07 Å². The Morgan fingerprint density at radius 2 is 1.81 bits per heavy atom. The van der Waals surface area contributed by atoms with Crippen LogP contribution in [0.3, 0.4) is 0 Å². The van der Waals surface area contributed by atoms with Crippen molar-refractivity contribution in [2.75, 3.05) is 22.4 Å². The average molecular weight is 403 g/mol. The predicted octanol–water partition coefficient (Wildman–Crippen LogP) is 4.56. The van der Waals surface area contributed by atoms with Gasteiger partial charge in [-0.15, -0.1) is 11.3 Å². The lowest BCUT2D eigenvalue weighted by Gasteiger charge is -2.20. The molecular formula is C20H22N2O3S2. The lowest BCUT2D eigenvalue weighted by Crippen LogP contribution is -2.29. The Labute approximate surface area is 163 Å². The van der Waals surface area contributed by atoms with E-state index in [9.17, 15) is 13.2 Å². The molecule has 27 heavy (non-hydrogen) atoms. The molecule has 0 unspecified atom stereocenters. The Bertz CT molecular complexity index is 1120. The fourth-order valence-corrected chi connectivity index (χ4v) is 4.82. The summed E-state index contributed by atoms with van der Waals surface area (Å²) in [6.45, 7) is 6.18. The minimum absolute atomic E-state index is 0.170. The van der Waals surface area contributed by atoms with Crippen molar-refractivity contribution in [3.63, 3.8) is 0 Å². The van der Waals surface area contributed by atoms with E-state index in [1.807, 2.05) is 44.2 Å². The summed E-state index contributed by atoms with van der Waals surface area (Å²) >= 11 is 1.39. The van der Waals surface area contributed by atoms with Gasteiger partial charge in [0.25, 0.3) is 5.91 Å². The number of nitrogens with one attached hydrogen (secondary N) is 1. The van der Waals surface area contributed by atoms with Crippen LogP contribution in [0.15, 0.2) is 42.5 Å². The maximum atomic E-state index is 12.6. The zero-order valence-corrected chi connectivity index (χ0v) is 17.4. The molecule has 1 N–H and O–H groups in total. The SMILES string of the molecule is CCN(c1ccc2sc(C(=O)Nc3ccc(C)c(C)c3)cc2c1)S(C)(=O)=O. The third-order valence-corrected chi connectivity index (χ3v) is 6.85. The van der Waals surface area contributed by atoms with Crippen molar-refractivity contribution in [2.24, 2.45) is 0 Å². The quantitative estimate of drug-likeness (QED) is 0.680. The van der Waals surface area contributed by atoms with Gasteiger partial charge in [-0.05, 0) is 73.7 Å². The molecule has 0 spiro atoms. The molecule has 1 aromatic heterocycles. The molecule has 0 aliphatic carbocycles. The molecule has 0 atom stereocenters. The van der Waals surface area contributed by atoms with E-state index >= 15 is 0 Å². The molecular weight excluding hydrogens is 380 g/mol. The van der Waals surface area contributed by atoms with E-state index < -0.39 is 10.0 Å². The molecule has 0 aliphatic rings. The van der Waals surface area contributed by atoms with Crippen LogP contribution in [0, 0.1) is 13.8 Å². The molecule has 2 aromatic carbocycles. The summed E-state index contributed by atoms with van der Waals surface area (Å²) in [4.78, 5) is 13.2. The number of sulfonamides is 1. The molecule has 0 bridgehead atoms. The summed E-state index contributed by atoms with van der Waals surface area (Å²) in [6, 6.07) is 13.1. The van der Waals surface area contributed by atoms with Crippen LogP contribution in [-0.4, -0.2) is 27.1 Å². The lowest BCUT2D eigenvalue weighted by molar-refractivity contribution is 0.103. The van der Waals surface area contributed by atoms with Crippen LogP contribution in [0.2, 0.25) is 0 Å². The number of anilines is 2. The second kappa shape index (κ2) is 7.32. The van der Waals surface area contributed by atoms with Gasteiger partial charge in [-0.25, -0.2) is 8.42 Å². The zero-order chi connectivity index (χ0) is 19.8. The molecule has 0 saturated heterocycles. The van der Waals surface area contributed by atoms with Crippen molar-refractivity contribution in [3.8, 4) is 0 Å². The van der Waals surface area contributed by atoms with Gasteiger partial charge in [0.05, 0.1) is 16.8 Å². The number of fused-ring (bicyclic) bond motifs is 1. The second-order valence-electron chi connectivity index (χ2n) is 6.51. The van der Waals surface area contributed by atoms with Crippen LogP contribution in [0.4, 0.5) is 11.4 Å². The van der Waals surface area contributed by atoms with Gasteiger partial charge in [0.2, 0.25) is 10.0 Å². The van der Waals surface area contributed by atoms with Crippen LogP contribution in [0.5, 0.6) is 0 Å². The summed E-state index contributed by atoms with van der Waals surface area (Å²) in [5.74, 6) is -0.170. The summed E-state index contributed by atoms with van der Waals surface area (Å²) in [5.41, 5.74) is 3.66. The van der Waals surface area contributed by atoms with Crippen molar-refractivity contribution in [3.05, 3.63) is 58.5 Å². The van der Waals surface area contributed by atoms with Crippen LogP contribution < -0.4 is 9.62 Å². The van der Waals surface area contributed by atoms with E-state index in [-0.39, 0.29) is 5.91 Å². The third-order valence-electron chi connectivity index (χ3n) is 4.46. The van der Waals surface area contributed by atoms with Crippen LogP contribution in [0.25, 0.3) is 10.1 Å². The highest BCUT2D eigenvalue weighted by molar-refractivity contribution is 7.92. The van der Waals surface area contributed by atoms with E-state index in [0.717, 1.165) is 21.3 Å². The molecule has 1 heterocycles. The fourth-order valence-electron chi connectivity index (χ4n) is 2.92. The largest absolute Gasteiger partial charge is 0.321 e. The van der Waals surface area contributed by atoms with E-state index in [4.69, 9.17) is 0 Å². The maximum absolute atomic E-state index is 12.6. The Kier molecular flexibility index (Phi) is 5.26. The highest BCUT2D eigenvalue weighted by Gasteiger charge is 2.17. The first-order valence-electron chi connectivity index (χ1n) is 8.59. The number of carbonyl (C=O) groups excluding carboxylic acids is 1. The van der Waals surface area contributed by atoms with Crippen molar-refractivity contribution in [1.82, 2.24) is 0 Å². The maximum Gasteiger partial charge on any atom is 0.265 e. The number of hydrogen-bond acceptors (Lipinski definition) is 4. The number of hydrogen-bond donors (Lipinski definition) is 1. The standard InChI is InChI=1S/C20H22N2O3S2/c1-5-22(27(4,24)25)17-8-9-18-15(11-17)12-19(26-18)20(23)21-16-7-6-13(2)14(3)10-16/h6-12H,5H2,1-4H3,(H,21,23). The number of aryl methyl sites for hydroxylation is 2. The lowest BCUT2D eigenvalue weighted by atomic mass is 10.1. The molecule has 0 radical (unpaired) electrons. The van der Waals surface area contributed by atoms with Crippen LogP contribution in [-0.2, 0) is 10.0 Å². The molecule has 0 fully saturated rings. The van der Waals surface area contributed by atoms with Gasteiger partial charge in [0.1, 0.15) is 0 Å². The first-order valence-corrected chi connectivity index (χ1v) is 11.3. The van der Waals surface area contributed by atoms with E-state index in [1.165, 1.54) is 27.5 Å². The Morgan fingerprint density at radius 3 is 2.44 bits per heavy atom. The molecule has 142 valence electrons. The van der Waals surface area contributed by atoms with Gasteiger partial charge >= 0.3 is 0 Å². The summed E-state index contributed by atoms with van der Waals surface area (Å²) in [6.07, 6.45) is 1.19. The molecule has 3 rings (SSSR count). The molecule has 0 aliphatic heterocycles. The summed E-state index contributed by atoms with van der Waals surface area (Å²) < 4.78 is 26.1. The number of nitrogens with zero attached hydrogens (tertiary/aromatic N) is 1. The van der Waals surface area contributed by atoms with Crippen LogP contribution in [0.1, 0.15) is 27.7 Å². The minimum Gasteiger partial charge on any atom is -0.321 e. The minimum atomic E-state index is -3.34. The summed E-state index contributed by atoms with van der Waals surface area (Å²) in [5, 5.41) is 3.78. The highest BCUT2D eigenvalue weighted by atomic mass is 32.2. The smallest absolute Gasteiger partial charge is 0.265 e. The van der Waals surface area contributed by atoms with Crippen molar-refractivity contribution in [1.29, 1.82) is 0 Å². The van der Waals surface area contributed by atoms with Crippen molar-refractivity contribution in [2.45, 2.75) is 20.8 Å². The Hall–Kier alpha value is -2.38. The Morgan fingerprint density at radius 1 is 1.07 bits per heavy atom. The third kappa shape index (κ3) is 4.14. The normalized spacial score (nSPS) is 11.6. The predicted molar refractivity (Wildman–Crippen MR) is 114 cm³/mol. The topological polar surface area (TPSA) is 66.5 Å². The number of carbonyl (C=O) groups is 1. The Balaban J connectivity index is 1.89. The number of amides is 1. The monoisotopic (exact) mass is 402 g/mol. The number of benzene rings is 2. The van der Waals surface area contributed by atoms with Gasteiger partial charge in [-0.2, -0.15) is 0 Å². The molecule has 7 heteroatoms.